The SMILES string of the molecule is CCc1occc1C(=O)NC(C)c1cn[nH]c1. The van der Waals surface area contributed by atoms with Crippen LogP contribution in [0.25, 0.3) is 0 Å². The average Bonchev–Trinajstić information content (AvgIpc) is 2.99. The summed E-state index contributed by atoms with van der Waals surface area (Å²) in [5.74, 6) is 0.589. The molecule has 0 fully saturated rings. The number of furan rings is 1. The fourth-order valence-corrected chi connectivity index (χ4v) is 1.67. The van der Waals surface area contributed by atoms with Crippen LogP contribution in [0.15, 0.2) is 29.1 Å². The Balaban J connectivity index is 2.07. The third-order valence-corrected chi connectivity index (χ3v) is 2.68. The van der Waals surface area contributed by atoms with E-state index in [-0.39, 0.29) is 11.9 Å². The molecule has 0 radical (unpaired) electrons. The second-order valence-electron chi connectivity index (χ2n) is 3.84. The lowest BCUT2D eigenvalue weighted by Crippen LogP contribution is -2.26. The Morgan fingerprint density at radius 1 is 1.65 bits per heavy atom. The third-order valence-electron chi connectivity index (χ3n) is 2.68. The smallest absolute Gasteiger partial charge is 0.255 e. The number of aromatic amines is 1. The molecule has 0 saturated carbocycles. The van der Waals surface area contributed by atoms with Crippen LogP contribution < -0.4 is 5.32 Å². The van der Waals surface area contributed by atoms with Crippen LogP contribution in [0.5, 0.6) is 0 Å². The third kappa shape index (κ3) is 2.38. The summed E-state index contributed by atoms with van der Waals surface area (Å²) in [6.07, 6.45) is 5.70. The summed E-state index contributed by atoms with van der Waals surface area (Å²) in [7, 11) is 0. The van der Waals surface area contributed by atoms with Crippen molar-refractivity contribution in [3.05, 3.63) is 41.6 Å². The number of aryl methyl sites for hydroxylation is 1. The maximum atomic E-state index is 12.0. The van der Waals surface area contributed by atoms with Crippen molar-refractivity contribution in [3.63, 3.8) is 0 Å². The highest BCUT2D eigenvalue weighted by molar-refractivity contribution is 5.95. The first-order valence-electron chi connectivity index (χ1n) is 5.58. The van der Waals surface area contributed by atoms with Crippen molar-refractivity contribution in [2.24, 2.45) is 0 Å². The minimum Gasteiger partial charge on any atom is -0.469 e. The quantitative estimate of drug-likeness (QED) is 0.849. The van der Waals surface area contributed by atoms with Crippen molar-refractivity contribution in [3.8, 4) is 0 Å². The van der Waals surface area contributed by atoms with Gasteiger partial charge in [0.25, 0.3) is 5.91 Å². The van der Waals surface area contributed by atoms with Gasteiger partial charge in [-0.25, -0.2) is 0 Å². The first kappa shape index (κ1) is 11.4. The van der Waals surface area contributed by atoms with E-state index in [2.05, 4.69) is 15.5 Å². The van der Waals surface area contributed by atoms with Gasteiger partial charge in [-0.3, -0.25) is 9.89 Å². The van der Waals surface area contributed by atoms with E-state index in [1.165, 1.54) is 6.26 Å². The molecule has 5 heteroatoms. The van der Waals surface area contributed by atoms with Crippen molar-refractivity contribution in [1.82, 2.24) is 15.5 Å². The summed E-state index contributed by atoms with van der Waals surface area (Å²) in [6, 6.07) is 1.61. The Bertz CT molecular complexity index is 488. The van der Waals surface area contributed by atoms with Gasteiger partial charge in [0.15, 0.2) is 0 Å². The topological polar surface area (TPSA) is 70.9 Å². The van der Waals surface area contributed by atoms with Crippen LogP contribution in [-0.2, 0) is 6.42 Å². The van der Waals surface area contributed by atoms with Gasteiger partial charge in [-0.15, -0.1) is 0 Å². The summed E-state index contributed by atoms with van der Waals surface area (Å²) >= 11 is 0. The number of hydrogen-bond acceptors (Lipinski definition) is 3. The largest absolute Gasteiger partial charge is 0.469 e. The molecule has 0 bridgehead atoms. The number of rotatable bonds is 4. The van der Waals surface area contributed by atoms with Crippen LogP contribution >= 0.6 is 0 Å². The van der Waals surface area contributed by atoms with Gasteiger partial charge < -0.3 is 9.73 Å². The van der Waals surface area contributed by atoms with E-state index in [4.69, 9.17) is 4.42 Å². The lowest BCUT2D eigenvalue weighted by molar-refractivity contribution is 0.0938. The highest BCUT2D eigenvalue weighted by atomic mass is 16.3. The monoisotopic (exact) mass is 233 g/mol. The molecule has 2 aromatic rings. The molecule has 0 saturated heterocycles. The molecule has 0 aliphatic heterocycles. The highest BCUT2D eigenvalue weighted by Crippen LogP contribution is 2.14. The summed E-state index contributed by atoms with van der Waals surface area (Å²) in [5.41, 5.74) is 1.54. The van der Waals surface area contributed by atoms with E-state index < -0.39 is 0 Å². The van der Waals surface area contributed by atoms with Crippen molar-refractivity contribution < 1.29 is 9.21 Å². The molecule has 0 aliphatic carbocycles. The second kappa shape index (κ2) is 4.86. The predicted molar refractivity (Wildman–Crippen MR) is 62.6 cm³/mol. The molecule has 0 aromatic carbocycles. The number of hydrogen-bond donors (Lipinski definition) is 2. The van der Waals surface area contributed by atoms with Gasteiger partial charge in [-0.2, -0.15) is 5.10 Å². The molecule has 17 heavy (non-hydrogen) atoms. The van der Waals surface area contributed by atoms with E-state index >= 15 is 0 Å². The number of H-pyrrole nitrogens is 1. The zero-order chi connectivity index (χ0) is 12.3. The summed E-state index contributed by atoms with van der Waals surface area (Å²) in [6.45, 7) is 3.86. The molecule has 5 nitrogen and oxygen atoms in total. The standard InChI is InChI=1S/C12H15N3O2/c1-3-11-10(4-5-17-11)12(16)15-8(2)9-6-13-14-7-9/h4-8H,3H2,1-2H3,(H,13,14)(H,15,16). The van der Waals surface area contributed by atoms with Crippen LogP contribution in [0, 0.1) is 0 Å². The Morgan fingerprint density at radius 3 is 3.12 bits per heavy atom. The van der Waals surface area contributed by atoms with Crippen LogP contribution in [0.3, 0.4) is 0 Å². The van der Waals surface area contributed by atoms with Gasteiger partial charge in [0.05, 0.1) is 24.1 Å². The number of aromatic nitrogens is 2. The maximum absolute atomic E-state index is 12.0. The normalized spacial score (nSPS) is 12.4. The maximum Gasteiger partial charge on any atom is 0.255 e. The fourth-order valence-electron chi connectivity index (χ4n) is 1.67. The van der Waals surface area contributed by atoms with Gasteiger partial charge in [-0.1, -0.05) is 6.92 Å². The van der Waals surface area contributed by atoms with Gasteiger partial charge in [0.2, 0.25) is 0 Å². The molecule has 0 spiro atoms. The Labute approximate surface area is 99.2 Å². The number of carbonyl (C=O) groups is 1. The number of amides is 1. The summed E-state index contributed by atoms with van der Waals surface area (Å²) in [4.78, 5) is 12.0. The minimum absolute atomic E-state index is 0.0825. The molecular formula is C12H15N3O2. The van der Waals surface area contributed by atoms with Crippen molar-refractivity contribution in [2.75, 3.05) is 0 Å². The minimum atomic E-state index is -0.121. The first-order valence-corrected chi connectivity index (χ1v) is 5.58. The molecule has 90 valence electrons. The molecule has 1 atom stereocenters. The van der Waals surface area contributed by atoms with Crippen LogP contribution in [0.2, 0.25) is 0 Å². The van der Waals surface area contributed by atoms with Crippen molar-refractivity contribution in [2.45, 2.75) is 26.3 Å². The van der Waals surface area contributed by atoms with Crippen LogP contribution in [0.1, 0.15) is 41.6 Å². The molecule has 1 unspecified atom stereocenters. The molecule has 2 aromatic heterocycles. The second-order valence-corrected chi connectivity index (χ2v) is 3.84. The van der Waals surface area contributed by atoms with Gasteiger partial charge in [-0.05, 0) is 13.0 Å². The molecular weight excluding hydrogens is 218 g/mol. The Kier molecular flexibility index (Phi) is 3.27. The lowest BCUT2D eigenvalue weighted by atomic mass is 10.1. The van der Waals surface area contributed by atoms with Crippen molar-refractivity contribution in [1.29, 1.82) is 0 Å². The predicted octanol–water partition coefficient (Wildman–Crippen LogP) is 2.06. The number of nitrogens with one attached hydrogen (secondary N) is 2. The van der Waals surface area contributed by atoms with E-state index in [1.54, 1.807) is 18.5 Å². The van der Waals surface area contributed by atoms with E-state index in [1.807, 2.05) is 13.8 Å². The van der Waals surface area contributed by atoms with Gasteiger partial charge in [0, 0.05) is 18.2 Å². The van der Waals surface area contributed by atoms with Gasteiger partial charge in [0.1, 0.15) is 5.76 Å². The average molecular weight is 233 g/mol. The van der Waals surface area contributed by atoms with Crippen LogP contribution in [0.4, 0.5) is 0 Å². The molecule has 2 N–H and O–H groups in total. The molecule has 1 amide bonds. The van der Waals surface area contributed by atoms with Crippen molar-refractivity contribution >= 4 is 5.91 Å². The van der Waals surface area contributed by atoms with E-state index in [9.17, 15) is 4.79 Å². The molecule has 0 aliphatic rings. The molecule has 2 rings (SSSR count). The Hall–Kier alpha value is -2.04. The Morgan fingerprint density at radius 2 is 2.47 bits per heavy atom. The van der Waals surface area contributed by atoms with E-state index in [0.717, 1.165) is 5.56 Å². The number of nitrogens with zero attached hydrogens (tertiary/aromatic N) is 1. The number of carbonyl (C=O) groups excluding carboxylic acids is 1. The zero-order valence-corrected chi connectivity index (χ0v) is 9.86. The first-order chi connectivity index (χ1) is 8.22. The molecule has 2 heterocycles. The van der Waals surface area contributed by atoms with Crippen LogP contribution in [-0.4, -0.2) is 16.1 Å². The van der Waals surface area contributed by atoms with Gasteiger partial charge >= 0.3 is 0 Å². The fraction of sp³-hybridized carbons (Fsp3) is 0.333. The lowest BCUT2D eigenvalue weighted by Gasteiger charge is -2.11. The highest BCUT2D eigenvalue weighted by Gasteiger charge is 2.16. The zero-order valence-electron chi connectivity index (χ0n) is 9.86. The van der Waals surface area contributed by atoms with E-state index in [0.29, 0.717) is 17.7 Å². The summed E-state index contributed by atoms with van der Waals surface area (Å²) < 4.78 is 5.23. The summed E-state index contributed by atoms with van der Waals surface area (Å²) in [5, 5.41) is 9.47.